The van der Waals surface area contributed by atoms with E-state index in [0.717, 1.165) is 21.5 Å². The molecule has 7 heteroatoms. The van der Waals surface area contributed by atoms with Gasteiger partial charge in [0.25, 0.3) is 11.8 Å². The van der Waals surface area contributed by atoms with E-state index in [9.17, 15) is 9.59 Å². The van der Waals surface area contributed by atoms with E-state index in [1.54, 1.807) is 12.1 Å². The minimum atomic E-state index is -0.337. The fraction of sp³-hybridized carbons (Fsp3) is 0. The first kappa shape index (κ1) is 19.4. The number of thiocarbonyl (C=S) groups is 1. The summed E-state index contributed by atoms with van der Waals surface area (Å²) in [6.45, 7) is 0. The molecular formula is C23H18N4O2S. The lowest BCUT2D eigenvalue weighted by Gasteiger charge is -2.14. The molecule has 0 atom stereocenters. The standard InChI is InChI=1S/C23H18N4O2S/c28-21(19-13-5-9-15-7-1-3-11-17(15)19)24-26-23(30)27-25-22(29)20-14-6-10-16-8-2-4-12-18(16)20/h1-14H,(H,24,28)(H,25,29)(H2,26,27,30). The van der Waals surface area contributed by atoms with Gasteiger partial charge in [0.05, 0.1) is 0 Å². The molecule has 0 aliphatic rings. The third-order valence-electron chi connectivity index (χ3n) is 4.65. The van der Waals surface area contributed by atoms with E-state index in [4.69, 9.17) is 12.2 Å². The van der Waals surface area contributed by atoms with Crippen molar-refractivity contribution in [3.63, 3.8) is 0 Å². The second kappa shape index (κ2) is 8.59. The van der Waals surface area contributed by atoms with E-state index < -0.39 is 0 Å². The molecule has 30 heavy (non-hydrogen) atoms. The summed E-state index contributed by atoms with van der Waals surface area (Å²) in [5.74, 6) is -0.673. The second-order valence-electron chi connectivity index (χ2n) is 6.54. The van der Waals surface area contributed by atoms with Gasteiger partial charge < -0.3 is 0 Å². The van der Waals surface area contributed by atoms with Crippen molar-refractivity contribution >= 4 is 50.7 Å². The number of hydrazine groups is 2. The lowest BCUT2D eigenvalue weighted by Crippen LogP contribution is -2.52. The molecule has 4 aromatic rings. The first-order valence-corrected chi connectivity index (χ1v) is 9.66. The summed E-state index contributed by atoms with van der Waals surface area (Å²) in [4.78, 5) is 25.0. The fourth-order valence-electron chi connectivity index (χ4n) is 3.24. The number of nitrogens with one attached hydrogen (secondary N) is 4. The van der Waals surface area contributed by atoms with E-state index in [1.807, 2.05) is 72.8 Å². The predicted octanol–water partition coefficient (Wildman–Crippen LogP) is 3.45. The van der Waals surface area contributed by atoms with Gasteiger partial charge in [0.2, 0.25) is 5.11 Å². The van der Waals surface area contributed by atoms with Gasteiger partial charge in [0.15, 0.2) is 0 Å². The van der Waals surface area contributed by atoms with Crippen LogP contribution in [-0.2, 0) is 0 Å². The van der Waals surface area contributed by atoms with Crippen LogP contribution in [0.3, 0.4) is 0 Å². The molecule has 0 heterocycles. The molecule has 0 radical (unpaired) electrons. The molecule has 0 aromatic heterocycles. The topological polar surface area (TPSA) is 82.3 Å². The van der Waals surface area contributed by atoms with Crippen molar-refractivity contribution in [3.8, 4) is 0 Å². The molecule has 0 fully saturated rings. The maximum atomic E-state index is 12.5. The minimum Gasteiger partial charge on any atom is -0.273 e. The Morgan fingerprint density at radius 1 is 0.533 bits per heavy atom. The molecular weight excluding hydrogens is 396 g/mol. The van der Waals surface area contributed by atoms with Gasteiger partial charge in [-0.05, 0) is 45.9 Å². The summed E-state index contributed by atoms with van der Waals surface area (Å²) >= 11 is 5.13. The number of rotatable bonds is 2. The molecule has 6 nitrogen and oxygen atoms in total. The van der Waals surface area contributed by atoms with Crippen LogP contribution in [0.5, 0.6) is 0 Å². The van der Waals surface area contributed by atoms with Crippen LogP contribution in [-0.4, -0.2) is 16.9 Å². The number of hydrogen-bond acceptors (Lipinski definition) is 3. The largest absolute Gasteiger partial charge is 0.273 e. The summed E-state index contributed by atoms with van der Waals surface area (Å²) in [7, 11) is 0. The lowest BCUT2D eigenvalue weighted by molar-refractivity contribution is 0.0945. The Morgan fingerprint density at radius 3 is 1.40 bits per heavy atom. The SMILES string of the molecule is O=C(NNC(=S)NNC(=O)c1cccc2ccccc12)c1cccc2ccccc12. The molecule has 0 saturated heterocycles. The molecule has 0 unspecified atom stereocenters. The highest BCUT2D eigenvalue weighted by Gasteiger charge is 2.11. The van der Waals surface area contributed by atoms with Crippen molar-refractivity contribution in [2.75, 3.05) is 0 Å². The van der Waals surface area contributed by atoms with Gasteiger partial charge in [-0.15, -0.1) is 0 Å². The van der Waals surface area contributed by atoms with Crippen molar-refractivity contribution in [1.29, 1.82) is 0 Å². The van der Waals surface area contributed by atoms with Crippen LogP contribution in [0.25, 0.3) is 21.5 Å². The van der Waals surface area contributed by atoms with Crippen LogP contribution in [0.4, 0.5) is 0 Å². The van der Waals surface area contributed by atoms with Crippen LogP contribution in [0.1, 0.15) is 20.7 Å². The number of amides is 2. The zero-order valence-electron chi connectivity index (χ0n) is 15.8. The van der Waals surface area contributed by atoms with Gasteiger partial charge in [-0.1, -0.05) is 72.8 Å². The van der Waals surface area contributed by atoms with Crippen molar-refractivity contribution in [1.82, 2.24) is 21.7 Å². The fourth-order valence-corrected chi connectivity index (χ4v) is 3.34. The Balaban J connectivity index is 1.36. The summed E-state index contributed by atoms with van der Waals surface area (Å²) in [5.41, 5.74) is 11.3. The monoisotopic (exact) mass is 414 g/mol. The smallest absolute Gasteiger partial charge is 0.270 e. The van der Waals surface area contributed by atoms with Crippen molar-refractivity contribution in [2.24, 2.45) is 0 Å². The molecule has 0 aliphatic heterocycles. The molecule has 148 valence electrons. The summed E-state index contributed by atoms with van der Waals surface area (Å²) < 4.78 is 0. The third-order valence-corrected chi connectivity index (χ3v) is 4.85. The number of fused-ring (bicyclic) bond motifs is 2. The Morgan fingerprint density at radius 2 is 0.933 bits per heavy atom. The van der Waals surface area contributed by atoms with E-state index in [2.05, 4.69) is 21.7 Å². The van der Waals surface area contributed by atoms with Gasteiger partial charge in [0.1, 0.15) is 0 Å². The van der Waals surface area contributed by atoms with Crippen molar-refractivity contribution in [3.05, 3.63) is 96.1 Å². The molecule has 4 aromatic carbocycles. The molecule has 0 saturated carbocycles. The normalized spacial score (nSPS) is 10.4. The Hall–Kier alpha value is -3.97. The highest BCUT2D eigenvalue weighted by molar-refractivity contribution is 7.80. The van der Waals surface area contributed by atoms with Crippen LogP contribution in [0, 0.1) is 0 Å². The van der Waals surface area contributed by atoms with Crippen molar-refractivity contribution < 1.29 is 9.59 Å². The number of carbonyl (C=O) groups excluding carboxylic acids is 2. The molecule has 0 bridgehead atoms. The van der Waals surface area contributed by atoms with E-state index in [1.165, 1.54) is 0 Å². The van der Waals surface area contributed by atoms with Crippen LogP contribution in [0.2, 0.25) is 0 Å². The number of hydrogen-bond donors (Lipinski definition) is 4. The maximum absolute atomic E-state index is 12.5. The lowest BCUT2D eigenvalue weighted by atomic mass is 10.0. The molecule has 0 spiro atoms. The molecule has 2 amide bonds. The number of carbonyl (C=O) groups is 2. The number of benzene rings is 4. The van der Waals surface area contributed by atoms with Gasteiger partial charge in [0, 0.05) is 11.1 Å². The summed E-state index contributed by atoms with van der Waals surface area (Å²) in [6, 6.07) is 26.2. The van der Waals surface area contributed by atoms with Crippen LogP contribution >= 0.6 is 12.2 Å². The highest BCUT2D eigenvalue weighted by atomic mass is 32.1. The molecule has 0 aliphatic carbocycles. The summed E-state index contributed by atoms with van der Waals surface area (Å²) in [6.07, 6.45) is 0. The Bertz CT molecular complexity index is 1160. The van der Waals surface area contributed by atoms with E-state index in [-0.39, 0.29) is 16.9 Å². The first-order chi connectivity index (χ1) is 14.6. The van der Waals surface area contributed by atoms with Gasteiger partial charge in [-0.2, -0.15) is 0 Å². The maximum Gasteiger partial charge on any atom is 0.270 e. The Kier molecular flexibility index (Phi) is 5.54. The minimum absolute atomic E-state index is 0.0529. The quantitative estimate of drug-likeness (QED) is 0.298. The van der Waals surface area contributed by atoms with E-state index in [0.29, 0.717) is 11.1 Å². The van der Waals surface area contributed by atoms with Gasteiger partial charge in [-0.25, -0.2) is 0 Å². The van der Waals surface area contributed by atoms with Gasteiger partial charge >= 0.3 is 0 Å². The van der Waals surface area contributed by atoms with Crippen LogP contribution < -0.4 is 21.7 Å². The van der Waals surface area contributed by atoms with Gasteiger partial charge in [-0.3, -0.25) is 31.3 Å². The highest BCUT2D eigenvalue weighted by Crippen LogP contribution is 2.19. The molecule has 4 rings (SSSR count). The second-order valence-corrected chi connectivity index (χ2v) is 6.95. The van der Waals surface area contributed by atoms with Crippen LogP contribution in [0.15, 0.2) is 84.9 Å². The average Bonchev–Trinajstić information content (AvgIpc) is 2.80. The molecule has 4 N–H and O–H groups in total. The first-order valence-electron chi connectivity index (χ1n) is 9.26. The average molecular weight is 414 g/mol. The zero-order chi connectivity index (χ0) is 20.9. The Labute approximate surface area is 178 Å². The van der Waals surface area contributed by atoms with E-state index >= 15 is 0 Å². The third kappa shape index (κ3) is 4.06. The zero-order valence-corrected chi connectivity index (χ0v) is 16.6. The predicted molar refractivity (Wildman–Crippen MR) is 122 cm³/mol. The summed E-state index contributed by atoms with van der Waals surface area (Å²) in [5, 5.41) is 3.66. The van der Waals surface area contributed by atoms with Crippen molar-refractivity contribution in [2.45, 2.75) is 0 Å².